The van der Waals surface area contributed by atoms with Crippen LogP contribution in [0.3, 0.4) is 0 Å². The van der Waals surface area contributed by atoms with Crippen molar-refractivity contribution in [3.63, 3.8) is 0 Å². The maximum absolute atomic E-state index is 12.4. The summed E-state index contributed by atoms with van der Waals surface area (Å²) in [6.45, 7) is 5.48. The molecule has 2 heterocycles. The molecule has 6 nitrogen and oxygen atoms in total. The van der Waals surface area contributed by atoms with Gasteiger partial charge in [0.25, 0.3) is 5.91 Å². The van der Waals surface area contributed by atoms with E-state index in [2.05, 4.69) is 10.4 Å². The summed E-state index contributed by atoms with van der Waals surface area (Å²) in [7, 11) is -3.07. The summed E-state index contributed by atoms with van der Waals surface area (Å²) in [6.07, 6.45) is 0.434. The number of carbonyl (C=O) groups is 1. The highest BCUT2D eigenvalue weighted by Crippen LogP contribution is 2.24. The zero-order chi connectivity index (χ0) is 18.4. The summed E-state index contributed by atoms with van der Waals surface area (Å²) in [6, 6.07) is 6.97. The van der Waals surface area contributed by atoms with Crippen LogP contribution in [0.2, 0.25) is 5.02 Å². The van der Waals surface area contributed by atoms with Crippen LogP contribution in [0, 0.1) is 13.8 Å². The smallest absolute Gasteiger partial charge is 0.251 e. The number of sulfone groups is 1. The third kappa shape index (κ3) is 3.57. The Bertz CT molecular complexity index is 935. The zero-order valence-corrected chi connectivity index (χ0v) is 15.9. The van der Waals surface area contributed by atoms with Gasteiger partial charge in [-0.1, -0.05) is 11.6 Å². The summed E-state index contributed by atoms with van der Waals surface area (Å²) in [4.78, 5) is 12.4. The van der Waals surface area contributed by atoms with E-state index in [1.54, 1.807) is 35.9 Å². The number of amides is 1. The lowest BCUT2D eigenvalue weighted by atomic mass is 10.0. The number of nitrogens with zero attached hydrogens (tertiary/aromatic N) is 2. The van der Waals surface area contributed by atoms with Gasteiger partial charge in [-0.25, -0.2) is 13.1 Å². The lowest BCUT2D eigenvalue weighted by Gasteiger charge is -2.23. The van der Waals surface area contributed by atoms with Gasteiger partial charge in [0.15, 0.2) is 9.84 Å². The Hall–Kier alpha value is -1.86. The van der Waals surface area contributed by atoms with E-state index in [1.807, 2.05) is 13.8 Å². The molecule has 1 atom stereocenters. The molecular formula is C17H20ClN3O3S. The van der Waals surface area contributed by atoms with Gasteiger partial charge in [-0.15, -0.1) is 0 Å². The van der Waals surface area contributed by atoms with Gasteiger partial charge >= 0.3 is 0 Å². The molecule has 1 aliphatic rings. The van der Waals surface area contributed by atoms with E-state index in [0.29, 0.717) is 17.0 Å². The fourth-order valence-corrected chi connectivity index (χ4v) is 5.30. The van der Waals surface area contributed by atoms with E-state index in [4.69, 9.17) is 11.6 Å². The molecular weight excluding hydrogens is 362 g/mol. The Kier molecular flexibility index (Phi) is 4.41. The highest BCUT2D eigenvalue weighted by Gasteiger charge is 2.39. The molecule has 3 rings (SSSR count). The largest absolute Gasteiger partial charge is 0.346 e. The van der Waals surface area contributed by atoms with Crippen LogP contribution >= 0.6 is 11.6 Å². The molecule has 0 spiro atoms. The van der Waals surface area contributed by atoms with Crippen molar-refractivity contribution in [2.24, 2.45) is 0 Å². The van der Waals surface area contributed by atoms with Crippen LogP contribution < -0.4 is 5.32 Å². The van der Waals surface area contributed by atoms with Gasteiger partial charge in [0.05, 0.1) is 39.1 Å². The molecule has 1 saturated heterocycles. The highest BCUT2D eigenvalue weighted by molar-refractivity contribution is 7.91. The van der Waals surface area contributed by atoms with Crippen LogP contribution in [0.1, 0.15) is 35.1 Å². The molecule has 1 unspecified atom stereocenters. The molecule has 0 bridgehead atoms. The molecule has 1 aromatic carbocycles. The number of hydrogen-bond acceptors (Lipinski definition) is 4. The normalized spacial score (nSPS) is 22.1. The molecule has 134 valence electrons. The van der Waals surface area contributed by atoms with Crippen molar-refractivity contribution in [1.82, 2.24) is 15.1 Å². The van der Waals surface area contributed by atoms with Crippen LogP contribution in [0.25, 0.3) is 5.69 Å². The number of nitrogens with one attached hydrogen (secondary N) is 1. The molecule has 1 aromatic heterocycles. The quantitative estimate of drug-likeness (QED) is 0.885. The first-order valence-electron chi connectivity index (χ1n) is 7.95. The molecule has 25 heavy (non-hydrogen) atoms. The Labute approximate surface area is 152 Å². The Morgan fingerprint density at radius 3 is 2.40 bits per heavy atom. The minimum Gasteiger partial charge on any atom is -0.346 e. The van der Waals surface area contributed by atoms with Crippen molar-refractivity contribution in [3.05, 3.63) is 46.2 Å². The predicted octanol–water partition coefficient (Wildman–Crippen LogP) is 2.45. The fourth-order valence-electron chi connectivity index (χ4n) is 3.08. The van der Waals surface area contributed by atoms with Crippen molar-refractivity contribution in [3.8, 4) is 5.69 Å². The molecule has 1 amide bonds. The Morgan fingerprint density at radius 1 is 1.28 bits per heavy atom. The minimum absolute atomic E-state index is 0.0198. The molecule has 1 aliphatic heterocycles. The van der Waals surface area contributed by atoms with Crippen molar-refractivity contribution in [2.75, 3.05) is 11.5 Å². The first kappa shape index (κ1) is 17.9. The topological polar surface area (TPSA) is 81.1 Å². The standard InChI is InChI=1S/C17H20ClN3O3S/c1-11-15(18)12(2)21(20-11)14-6-4-13(5-7-14)16(22)19-17(3)8-9-25(23,24)10-17/h4-7H,8-10H2,1-3H3,(H,19,22). The van der Waals surface area contributed by atoms with E-state index < -0.39 is 15.4 Å². The number of aryl methyl sites for hydroxylation is 1. The molecule has 1 N–H and O–H groups in total. The minimum atomic E-state index is -3.07. The number of halogens is 1. The first-order valence-corrected chi connectivity index (χ1v) is 10.2. The van der Waals surface area contributed by atoms with Crippen molar-refractivity contribution in [2.45, 2.75) is 32.7 Å². The maximum Gasteiger partial charge on any atom is 0.251 e. The summed E-state index contributed by atoms with van der Waals surface area (Å²) in [5, 5.41) is 7.85. The van der Waals surface area contributed by atoms with Crippen molar-refractivity contribution >= 4 is 27.3 Å². The van der Waals surface area contributed by atoms with Gasteiger partial charge in [-0.05, 0) is 51.5 Å². The Balaban J connectivity index is 1.78. The summed E-state index contributed by atoms with van der Waals surface area (Å²) >= 11 is 6.17. The first-order chi connectivity index (χ1) is 11.6. The van der Waals surface area contributed by atoms with Crippen LogP contribution in [0.15, 0.2) is 24.3 Å². The highest BCUT2D eigenvalue weighted by atomic mass is 35.5. The van der Waals surface area contributed by atoms with Crippen LogP contribution in [0.5, 0.6) is 0 Å². The van der Waals surface area contributed by atoms with Gasteiger partial charge in [-0.2, -0.15) is 5.10 Å². The number of aromatic nitrogens is 2. The third-order valence-corrected chi connectivity index (χ3v) is 6.95. The Morgan fingerprint density at radius 2 is 1.92 bits per heavy atom. The van der Waals surface area contributed by atoms with Crippen molar-refractivity contribution in [1.29, 1.82) is 0 Å². The van der Waals surface area contributed by atoms with Gasteiger partial charge < -0.3 is 5.32 Å². The predicted molar refractivity (Wildman–Crippen MR) is 97.2 cm³/mol. The van der Waals surface area contributed by atoms with Crippen molar-refractivity contribution < 1.29 is 13.2 Å². The van der Waals surface area contributed by atoms with E-state index >= 15 is 0 Å². The van der Waals surface area contributed by atoms with Gasteiger partial charge in [0.2, 0.25) is 0 Å². The van der Waals surface area contributed by atoms with Crippen LogP contribution in [-0.4, -0.2) is 41.2 Å². The second-order valence-corrected chi connectivity index (χ2v) is 9.36. The van der Waals surface area contributed by atoms with E-state index in [0.717, 1.165) is 17.1 Å². The average Bonchev–Trinajstić information content (AvgIpc) is 2.97. The summed E-state index contributed by atoms with van der Waals surface area (Å²) in [5.74, 6) is -0.187. The average molecular weight is 382 g/mol. The number of carbonyl (C=O) groups excluding carboxylic acids is 1. The molecule has 1 fully saturated rings. The number of rotatable bonds is 3. The second-order valence-electron chi connectivity index (χ2n) is 6.80. The molecule has 2 aromatic rings. The number of hydrogen-bond donors (Lipinski definition) is 1. The van der Waals surface area contributed by atoms with Gasteiger partial charge in [0.1, 0.15) is 0 Å². The second kappa shape index (κ2) is 6.14. The fraction of sp³-hybridized carbons (Fsp3) is 0.412. The lowest BCUT2D eigenvalue weighted by Crippen LogP contribution is -2.46. The SMILES string of the molecule is Cc1nn(-c2ccc(C(=O)NC3(C)CCS(=O)(=O)C3)cc2)c(C)c1Cl. The zero-order valence-electron chi connectivity index (χ0n) is 14.3. The van der Waals surface area contributed by atoms with E-state index in [-0.39, 0.29) is 17.4 Å². The lowest BCUT2D eigenvalue weighted by molar-refractivity contribution is 0.0915. The van der Waals surface area contributed by atoms with Gasteiger partial charge in [0, 0.05) is 5.56 Å². The van der Waals surface area contributed by atoms with Crippen LogP contribution in [-0.2, 0) is 9.84 Å². The van der Waals surface area contributed by atoms with E-state index in [1.165, 1.54) is 0 Å². The molecule has 0 radical (unpaired) electrons. The monoisotopic (exact) mass is 381 g/mol. The molecule has 0 saturated carbocycles. The summed E-state index contributed by atoms with van der Waals surface area (Å²) < 4.78 is 25.0. The van der Waals surface area contributed by atoms with Crippen LogP contribution in [0.4, 0.5) is 0 Å². The van der Waals surface area contributed by atoms with Gasteiger partial charge in [-0.3, -0.25) is 4.79 Å². The maximum atomic E-state index is 12.4. The third-order valence-electron chi connectivity index (χ3n) is 4.50. The van der Waals surface area contributed by atoms with E-state index in [9.17, 15) is 13.2 Å². The molecule has 0 aliphatic carbocycles. The number of benzene rings is 1. The molecule has 8 heteroatoms. The summed E-state index contributed by atoms with van der Waals surface area (Å²) in [5.41, 5.74) is 2.15.